The molecular formula is C15H23NO3. The normalized spacial score (nSPS) is 10.6. The summed E-state index contributed by atoms with van der Waals surface area (Å²) < 4.78 is 5.44. The van der Waals surface area contributed by atoms with Crippen LogP contribution in [0.5, 0.6) is 0 Å². The number of unbranched alkanes of at least 4 members (excludes halogenated alkanes) is 1. The second-order valence-corrected chi connectivity index (χ2v) is 4.43. The molecular weight excluding hydrogens is 242 g/mol. The Morgan fingerprint density at radius 3 is 2.68 bits per heavy atom. The highest BCUT2D eigenvalue weighted by atomic mass is 16.5. The van der Waals surface area contributed by atoms with Gasteiger partial charge in [0.15, 0.2) is 0 Å². The quantitative estimate of drug-likeness (QED) is 0.638. The van der Waals surface area contributed by atoms with Gasteiger partial charge in [-0.1, -0.05) is 24.3 Å². The molecule has 0 unspecified atom stereocenters. The number of hydrogen-bond acceptors (Lipinski definition) is 3. The summed E-state index contributed by atoms with van der Waals surface area (Å²) in [6.45, 7) is 5.00. The highest BCUT2D eigenvalue weighted by Crippen LogP contribution is 2.10. The van der Waals surface area contributed by atoms with Gasteiger partial charge in [-0.25, -0.2) is 0 Å². The molecule has 0 bridgehead atoms. The molecule has 0 fully saturated rings. The molecule has 0 aliphatic rings. The maximum atomic E-state index is 10.4. The van der Waals surface area contributed by atoms with Crippen LogP contribution in [0.1, 0.15) is 37.3 Å². The number of carboxylic acids is 1. The number of hydrogen-bond donors (Lipinski definition) is 2. The van der Waals surface area contributed by atoms with Crippen LogP contribution in [0.3, 0.4) is 0 Å². The molecule has 19 heavy (non-hydrogen) atoms. The fourth-order valence-corrected chi connectivity index (χ4v) is 1.83. The fourth-order valence-electron chi connectivity index (χ4n) is 1.83. The Bertz CT molecular complexity index is 379. The van der Waals surface area contributed by atoms with E-state index in [2.05, 4.69) is 17.4 Å². The van der Waals surface area contributed by atoms with E-state index in [0.717, 1.165) is 32.5 Å². The molecule has 0 heterocycles. The van der Waals surface area contributed by atoms with Crippen LogP contribution < -0.4 is 5.32 Å². The Morgan fingerprint density at radius 1 is 1.26 bits per heavy atom. The molecule has 0 aromatic heterocycles. The Morgan fingerprint density at radius 2 is 2.00 bits per heavy atom. The van der Waals surface area contributed by atoms with Gasteiger partial charge >= 0.3 is 5.97 Å². The Balaban J connectivity index is 2.26. The van der Waals surface area contributed by atoms with Gasteiger partial charge < -0.3 is 15.2 Å². The van der Waals surface area contributed by atoms with Crippen molar-refractivity contribution in [3.8, 4) is 0 Å². The average molecular weight is 265 g/mol. The Labute approximate surface area is 114 Å². The number of rotatable bonds is 10. The van der Waals surface area contributed by atoms with Crippen molar-refractivity contribution in [1.82, 2.24) is 5.32 Å². The summed E-state index contributed by atoms with van der Waals surface area (Å²) >= 11 is 0. The maximum absolute atomic E-state index is 10.4. The van der Waals surface area contributed by atoms with E-state index in [1.165, 1.54) is 11.1 Å². The third kappa shape index (κ3) is 6.94. The molecule has 2 N–H and O–H groups in total. The number of aliphatic carboxylic acids is 1. The lowest BCUT2D eigenvalue weighted by atomic mass is 10.1. The molecule has 0 spiro atoms. The van der Waals surface area contributed by atoms with Gasteiger partial charge in [-0.3, -0.25) is 4.79 Å². The number of carbonyl (C=O) groups is 1. The molecule has 1 aromatic carbocycles. The zero-order chi connectivity index (χ0) is 13.9. The largest absolute Gasteiger partial charge is 0.481 e. The first-order chi connectivity index (χ1) is 9.24. The lowest BCUT2D eigenvalue weighted by Crippen LogP contribution is -2.16. The third-order valence-electron chi connectivity index (χ3n) is 2.89. The predicted molar refractivity (Wildman–Crippen MR) is 75.0 cm³/mol. The van der Waals surface area contributed by atoms with Crippen molar-refractivity contribution in [2.45, 2.75) is 39.3 Å². The summed E-state index contributed by atoms with van der Waals surface area (Å²) in [5, 5.41) is 11.9. The number of benzene rings is 1. The van der Waals surface area contributed by atoms with E-state index in [1.807, 2.05) is 19.1 Å². The van der Waals surface area contributed by atoms with Gasteiger partial charge in [0, 0.05) is 19.6 Å². The van der Waals surface area contributed by atoms with Gasteiger partial charge in [-0.15, -0.1) is 0 Å². The number of carboxylic acid groups (broad SMARTS) is 1. The number of nitrogens with one attached hydrogen (secondary N) is 1. The molecule has 0 amide bonds. The van der Waals surface area contributed by atoms with Crippen molar-refractivity contribution >= 4 is 5.97 Å². The van der Waals surface area contributed by atoms with Crippen LogP contribution in [0, 0.1) is 0 Å². The van der Waals surface area contributed by atoms with E-state index < -0.39 is 5.97 Å². The van der Waals surface area contributed by atoms with Crippen LogP contribution in [0.2, 0.25) is 0 Å². The van der Waals surface area contributed by atoms with Crippen LogP contribution in [0.4, 0.5) is 0 Å². The first kappa shape index (κ1) is 15.7. The van der Waals surface area contributed by atoms with E-state index in [-0.39, 0.29) is 6.42 Å². The molecule has 0 saturated heterocycles. The van der Waals surface area contributed by atoms with Crippen LogP contribution >= 0.6 is 0 Å². The van der Waals surface area contributed by atoms with Crippen molar-refractivity contribution < 1.29 is 14.6 Å². The van der Waals surface area contributed by atoms with Crippen molar-refractivity contribution in [2.75, 3.05) is 13.2 Å². The summed E-state index contributed by atoms with van der Waals surface area (Å²) in [5.74, 6) is -0.720. The summed E-state index contributed by atoms with van der Waals surface area (Å²) in [6.07, 6.45) is 1.87. The zero-order valence-electron chi connectivity index (χ0n) is 11.5. The minimum absolute atomic E-state index is 0.253. The van der Waals surface area contributed by atoms with E-state index >= 15 is 0 Å². The summed E-state index contributed by atoms with van der Waals surface area (Å²) in [4.78, 5) is 10.4. The fraction of sp³-hybridized carbons (Fsp3) is 0.533. The Kier molecular flexibility index (Phi) is 7.86. The van der Waals surface area contributed by atoms with Crippen LogP contribution in [0.15, 0.2) is 24.3 Å². The van der Waals surface area contributed by atoms with Crippen LogP contribution in [-0.2, 0) is 22.7 Å². The first-order valence-corrected chi connectivity index (χ1v) is 6.81. The molecule has 0 atom stereocenters. The molecule has 0 radical (unpaired) electrons. The van der Waals surface area contributed by atoms with E-state index in [9.17, 15) is 4.79 Å². The van der Waals surface area contributed by atoms with Gasteiger partial charge in [0.05, 0.1) is 6.61 Å². The highest BCUT2D eigenvalue weighted by Gasteiger charge is 2.01. The predicted octanol–water partition coefficient (Wildman–Crippen LogP) is 2.57. The van der Waals surface area contributed by atoms with E-state index in [1.54, 1.807) is 0 Å². The minimum atomic E-state index is -0.720. The van der Waals surface area contributed by atoms with Crippen LogP contribution in [0.25, 0.3) is 0 Å². The molecule has 1 rings (SSSR count). The molecule has 4 nitrogen and oxygen atoms in total. The highest BCUT2D eigenvalue weighted by molar-refractivity contribution is 5.66. The number of ether oxygens (including phenoxy) is 1. The summed E-state index contributed by atoms with van der Waals surface area (Å²) in [7, 11) is 0. The summed E-state index contributed by atoms with van der Waals surface area (Å²) in [6, 6.07) is 8.22. The van der Waals surface area contributed by atoms with Crippen molar-refractivity contribution in [3.63, 3.8) is 0 Å². The summed E-state index contributed by atoms with van der Waals surface area (Å²) in [5.41, 5.74) is 2.46. The second-order valence-electron chi connectivity index (χ2n) is 4.43. The SMILES string of the molecule is CCOCc1ccccc1CNCCCCC(=O)O. The molecule has 4 heteroatoms. The van der Waals surface area contributed by atoms with E-state index in [0.29, 0.717) is 6.61 Å². The lowest BCUT2D eigenvalue weighted by molar-refractivity contribution is -0.137. The zero-order valence-corrected chi connectivity index (χ0v) is 11.5. The topological polar surface area (TPSA) is 58.6 Å². The van der Waals surface area contributed by atoms with Crippen molar-refractivity contribution in [1.29, 1.82) is 0 Å². The smallest absolute Gasteiger partial charge is 0.303 e. The average Bonchev–Trinajstić information content (AvgIpc) is 2.41. The second kappa shape index (κ2) is 9.53. The van der Waals surface area contributed by atoms with Gasteiger partial charge in [0.2, 0.25) is 0 Å². The standard InChI is InChI=1S/C15H23NO3/c1-2-19-12-14-8-4-3-7-13(14)11-16-10-6-5-9-15(17)18/h3-4,7-8,16H,2,5-6,9-12H2,1H3,(H,17,18). The molecule has 106 valence electrons. The van der Waals surface area contributed by atoms with E-state index in [4.69, 9.17) is 9.84 Å². The first-order valence-electron chi connectivity index (χ1n) is 6.81. The lowest BCUT2D eigenvalue weighted by Gasteiger charge is -2.10. The monoisotopic (exact) mass is 265 g/mol. The van der Waals surface area contributed by atoms with Crippen molar-refractivity contribution in [3.05, 3.63) is 35.4 Å². The molecule has 0 aliphatic heterocycles. The van der Waals surface area contributed by atoms with Gasteiger partial charge in [-0.2, -0.15) is 0 Å². The molecule has 0 aliphatic carbocycles. The Hall–Kier alpha value is -1.39. The minimum Gasteiger partial charge on any atom is -0.481 e. The maximum Gasteiger partial charge on any atom is 0.303 e. The van der Waals surface area contributed by atoms with Crippen LogP contribution in [-0.4, -0.2) is 24.2 Å². The van der Waals surface area contributed by atoms with Gasteiger partial charge in [0.1, 0.15) is 0 Å². The van der Waals surface area contributed by atoms with Gasteiger partial charge in [-0.05, 0) is 37.4 Å². The van der Waals surface area contributed by atoms with Gasteiger partial charge in [0.25, 0.3) is 0 Å². The molecule has 0 saturated carbocycles. The van der Waals surface area contributed by atoms with Crippen molar-refractivity contribution in [2.24, 2.45) is 0 Å². The third-order valence-corrected chi connectivity index (χ3v) is 2.89. The molecule has 1 aromatic rings.